The summed E-state index contributed by atoms with van der Waals surface area (Å²) in [5.41, 5.74) is 0. The lowest BCUT2D eigenvalue weighted by Gasteiger charge is -2.26. The third kappa shape index (κ3) is 6.76. The summed E-state index contributed by atoms with van der Waals surface area (Å²) >= 11 is 3.39. The molecule has 1 aromatic carbocycles. The molecule has 1 saturated heterocycles. The molecule has 6 heteroatoms. The Morgan fingerprint density at radius 3 is 2.95 bits per heavy atom. The molecular formula is C15H23BrN2O3. The number of nitrogens with zero attached hydrogens (tertiary/aromatic N) is 1. The van der Waals surface area contributed by atoms with Gasteiger partial charge in [-0.1, -0.05) is 22.0 Å². The van der Waals surface area contributed by atoms with Gasteiger partial charge in [0.05, 0.1) is 13.2 Å². The van der Waals surface area contributed by atoms with Crippen molar-refractivity contribution in [3.8, 4) is 5.75 Å². The van der Waals surface area contributed by atoms with Crippen LogP contribution in [0.5, 0.6) is 5.75 Å². The zero-order valence-electron chi connectivity index (χ0n) is 12.1. The van der Waals surface area contributed by atoms with E-state index in [-0.39, 0.29) is 0 Å². The SMILES string of the molecule is OC(CNCCN1CCOCC1)COc1cccc(Br)c1. The molecule has 2 rings (SSSR count). The lowest BCUT2D eigenvalue weighted by atomic mass is 10.3. The number of ether oxygens (including phenoxy) is 2. The van der Waals surface area contributed by atoms with E-state index >= 15 is 0 Å². The Morgan fingerprint density at radius 1 is 1.38 bits per heavy atom. The fourth-order valence-corrected chi connectivity index (χ4v) is 2.52. The number of rotatable bonds is 8. The Bertz CT molecular complexity index is 414. The zero-order valence-corrected chi connectivity index (χ0v) is 13.7. The molecule has 1 aliphatic rings. The van der Waals surface area contributed by atoms with E-state index in [2.05, 4.69) is 26.1 Å². The number of benzene rings is 1. The Morgan fingerprint density at radius 2 is 2.19 bits per heavy atom. The van der Waals surface area contributed by atoms with E-state index < -0.39 is 6.10 Å². The second kappa shape index (κ2) is 9.38. The number of aliphatic hydroxyl groups is 1. The number of halogens is 1. The quantitative estimate of drug-likeness (QED) is 0.682. The Kier molecular flexibility index (Phi) is 7.46. The summed E-state index contributed by atoms with van der Waals surface area (Å²) in [7, 11) is 0. The fraction of sp³-hybridized carbons (Fsp3) is 0.600. The van der Waals surface area contributed by atoms with Gasteiger partial charge in [-0.25, -0.2) is 0 Å². The highest BCUT2D eigenvalue weighted by Gasteiger charge is 2.10. The highest BCUT2D eigenvalue weighted by atomic mass is 79.9. The molecule has 2 N–H and O–H groups in total. The van der Waals surface area contributed by atoms with Gasteiger partial charge in [-0.2, -0.15) is 0 Å². The highest BCUT2D eigenvalue weighted by molar-refractivity contribution is 9.10. The summed E-state index contributed by atoms with van der Waals surface area (Å²) in [6.07, 6.45) is -0.506. The number of morpholine rings is 1. The van der Waals surface area contributed by atoms with Gasteiger partial charge >= 0.3 is 0 Å². The lowest BCUT2D eigenvalue weighted by molar-refractivity contribution is 0.0376. The van der Waals surface area contributed by atoms with Crippen molar-refractivity contribution in [2.75, 3.05) is 52.5 Å². The standard InChI is InChI=1S/C15H23BrN2O3/c16-13-2-1-3-15(10-13)21-12-14(19)11-17-4-5-18-6-8-20-9-7-18/h1-3,10,14,17,19H,4-9,11-12H2. The topological polar surface area (TPSA) is 54.0 Å². The first-order valence-corrected chi connectivity index (χ1v) is 8.10. The minimum Gasteiger partial charge on any atom is -0.491 e. The monoisotopic (exact) mass is 358 g/mol. The van der Waals surface area contributed by atoms with E-state index in [0.717, 1.165) is 49.6 Å². The highest BCUT2D eigenvalue weighted by Crippen LogP contribution is 2.17. The molecule has 1 atom stereocenters. The molecular weight excluding hydrogens is 336 g/mol. The van der Waals surface area contributed by atoms with E-state index in [0.29, 0.717) is 13.2 Å². The molecule has 0 radical (unpaired) electrons. The second-order valence-corrected chi connectivity index (χ2v) is 6.00. The predicted octanol–water partition coefficient (Wildman–Crippen LogP) is 1.11. The molecule has 1 unspecified atom stereocenters. The summed E-state index contributed by atoms with van der Waals surface area (Å²) in [5, 5.41) is 13.1. The minimum absolute atomic E-state index is 0.293. The van der Waals surface area contributed by atoms with E-state index in [4.69, 9.17) is 9.47 Å². The molecule has 0 saturated carbocycles. The molecule has 0 spiro atoms. The van der Waals surface area contributed by atoms with E-state index in [9.17, 15) is 5.11 Å². The Balaban J connectivity index is 1.54. The number of hydrogen-bond donors (Lipinski definition) is 2. The first-order chi connectivity index (χ1) is 10.2. The molecule has 21 heavy (non-hydrogen) atoms. The summed E-state index contributed by atoms with van der Waals surface area (Å²) < 4.78 is 11.8. The van der Waals surface area contributed by atoms with Crippen molar-refractivity contribution >= 4 is 15.9 Å². The molecule has 1 fully saturated rings. The van der Waals surface area contributed by atoms with Crippen LogP contribution in [0.15, 0.2) is 28.7 Å². The van der Waals surface area contributed by atoms with E-state index in [1.807, 2.05) is 24.3 Å². The van der Waals surface area contributed by atoms with Crippen molar-refractivity contribution < 1.29 is 14.6 Å². The smallest absolute Gasteiger partial charge is 0.120 e. The molecule has 5 nitrogen and oxygen atoms in total. The van der Waals surface area contributed by atoms with Crippen LogP contribution in [0.1, 0.15) is 0 Å². The van der Waals surface area contributed by atoms with Gasteiger partial charge in [-0.05, 0) is 18.2 Å². The van der Waals surface area contributed by atoms with Gasteiger partial charge in [0, 0.05) is 37.2 Å². The zero-order chi connectivity index (χ0) is 14.9. The van der Waals surface area contributed by atoms with Crippen LogP contribution in [-0.2, 0) is 4.74 Å². The molecule has 0 aromatic heterocycles. The molecule has 1 heterocycles. The normalized spacial score (nSPS) is 17.6. The average Bonchev–Trinajstić information content (AvgIpc) is 2.51. The summed E-state index contributed by atoms with van der Waals surface area (Å²) in [4.78, 5) is 2.36. The Hall–Kier alpha value is -0.660. The maximum atomic E-state index is 9.88. The van der Waals surface area contributed by atoms with Crippen LogP contribution in [0.3, 0.4) is 0 Å². The third-order valence-electron chi connectivity index (χ3n) is 3.33. The summed E-state index contributed by atoms with van der Waals surface area (Å²) in [6, 6.07) is 7.62. The summed E-state index contributed by atoms with van der Waals surface area (Å²) in [5.74, 6) is 0.761. The van der Waals surface area contributed by atoms with Crippen molar-refractivity contribution in [1.29, 1.82) is 0 Å². The third-order valence-corrected chi connectivity index (χ3v) is 3.82. The average molecular weight is 359 g/mol. The second-order valence-electron chi connectivity index (χ2n) is 5.08. The van der Waals surface area contributed by atoms with Crippen LogP contribution in [0.4, 0.5) is 0 Å². The molecule has 1 aliphatic heterocycles. The lowest BCUT2D eigenvalue weighted by Crippen LogP contribution is -2.41. The van der Waals surface area contributed by atoms with Crippen molar-refractivity contribution in [1.82, 2.24) is 10.2 Å². The van der Waals surface area contributed by atoms with Crippen LogP contribution >= 0.6 is 15.9 Å². The van der Waals surface area contributed by atoms with Gasteiger partial charge in [-0.3, -0.25) is 4.90 Å². The largest absolute Gasteiger partial charge is 0.491 e. The van der Waals surface area contributed by atoms with Crippen molar-refractivity contribution in [3.63, 3.8) is 0 Å². The molecule has 118 valence electrons. The van der Waals surface area contributed by atoms with Gasteiger partial charge in [0.1, 0.15) is 18.5 Å². The van der Waals surface area contributed by atoms with Crippen LogP contribution in [0.25, 0.3) is 0 Å². The van der Waals surface area contributed by atoms with E-state index in [1.165, 1.54) is 0 Å². The number of aliphatic hydroxyl groups excluding tert-OH is 1. The molecule has 0 aliphatic carbocycles. The minimum atomic E-state index is -0.506. The van der Waals surface area contributed by atoms with Gasteiger partial charge in [0.2, 0.25) is 0 Å². The van der Waals surface area contributed by atoms with Gasteiger partial charge < -0.3 is 19.9 Å². The van der Waals surface area contributed by atoms with Crippen molar-refractivity contribution in [3.05, 3.63) is 28.7 Å². The van der Waals surface area contributed by atoms with Crippen LogP contribution < -0.4 is 10.1 Å². The maximum Gasteiger partial charge on any atom is 0.120 e. The van der Waals surface area contributed by atoms with Crippen molar-refractivity contribution in [2.45, 2.75) is 6.10 Å². The molecule has 1 aromatic rings. The van der Waals surface area contributed by atoms with E-state index in [1.54, 1.807) is 0 Å². The number of hydrogen-bond acceptors (Lipinski definition) is 5. The molecule has 0 amide bonds. The molecule has 0 bridgehead atoms. The van der Waals surface area contributed by atoms with Crippen LogP contribution in [0, 0.1) is 0 Å². The van der Waals surface area contributed by atoms with Crippen LogP contribution in [-0.4, -0.2) is 68.7 Å². The fourth-order valence-electron chi connectivity index (χ4n) is 2.14. The maximum absolute atomic E-state index is 9.88. The van der Waals surface area contributed by atoms with Crippen molar-refractivity contribution in [2.24, 2.45) is 0 Å². The number of nitrogens with one attached hydrogen (secondary N) is 1. The van der Waals surface area contributed by atoms with Gasteiger partial charge in [-0.15, -0.1) is 0 Å². The van der Waals surface area contributed by atoms with Crippen LogP contribution in [0.2, 0.25) is 0 Å². The summed E-state index contributed by atoms with van der Waals surface area (Å²) in [6.45, 7) is 6.33. The van der Waals surface area contributed by atoms with Gasteiger partial charge in [0.25, 0.3) is 0 Å². The van der Waals surface area contributed by atoms with Gasteiger partial charge in [0.15, 0.2) is 0 Å². The first kappa shape index (κ1) is 16.7. The first-order valence-electron chi connectivity index (χ1n) is 7.31. The predicted molar refractivity (Wildman–Crippen MR) is 85.8 cm³/mol. The Labute approximate surface area is 134 Å².